The van der Waals surface area contributed by atoms with Gasteiger partial charge in [0.05, 0.1) is 25.4 Å². The number of hydrogen-bond acceptors (Lipinski definition) is 5. The van der Waals surface area contributed by atoms with Gasteiger partial charge in [-0.15, -0.1) is 0 Å². The lowest BCUT2D eigenvalue weighted by atomic mass is 10.0. The van der Waals surface area contributed by atoms with E-state index in [1.54, 1.807) is 0 Å². The second-order valence-electron chi connectivity index (χ2n) is 19.3. The van der Waals surface area contributed by atoms with E-state index in [-0.39, 0.29) is 18.5 Å². The van der Waals surface area contributed by atoms with Gasteiger partial charge in [-0.2, -0.15) is 0 Å². The van der Waals surface area contributed by atoms with Crippen molar-refractivity contribution < 1.29 is 24.5 Å². The van der Waals surface area contributed by atoms with Crippen molar-refractivity contribution in [1.82, 2.24) is 5.32 Å². The number of ether oxygens (including phenoxy) is 1. The molecule has 0 heterocycles. The highest BCUT2D eigenvalue weighted by atomic mass is 16.5. The molecule has 0 spiro atoms. The van der Waals surface area contributed by atoms with Crippen LogP contribution in [0.4, 0.5) is 0 Å². The summed E-state index contributed by atoms with van der Waals surface area (Å²) in [6.45, 7) is 4.81. The SMILES string of the molecule is CCCC/C=C\CCCCCCCC(=O)OCC/C=C\C/C=C\CCCCCCCCCCCCCCCCC(=O)NC(CO)C(O)CCCCCCCCCCCCCCCCC. The molecule has 0 radical (unpaired) electrons. The molecule has 1 amide bonds. The maximum absolute atomic E-state index is 12.5. The summed E-state index contributed by atoms with van der Waals surface area (Å²) in [6.07, 6.45) is 65.8. The van der Waals surface area contributed by atoms with Gasteiger partial charge in [-0.1, -0.05) is 256 Å². The Morgan fingerprint density at radius 1 is 0.438 bits per heavy atom. The maximum atomic E-state index is 12.5. The average molecular weight is 901 g/mol. The molecule has 2 unspecified atom stereocenters. The highest BCUT2D eigenvalue weighted by Crippen LogP contribution is 2.17. The van der Waals surface area contributed by atoms with Gasteiger partial charge in [0.25, 0.3) is 0 Å². The van der Waals surface area contributed by atoms with E-state index in [1.807, 2.05) is 0 Å². The quantitative estimate of drug-likeness (QED) is 0.0321. The van der Waals surface area contributed by atoms with Gasteiger partial charge in [0.15, 0.2) is 0 Å². The molecule has 0 saturated carbocycles. The number of aliphatic hydroxyl groups excluding tert-OH is 2. The minimum atomic E-state index is -0.668. The van der Waals surface area contributed by atoms with Crippen molar-refractivity contribution in [2.75, 3.05) is 13.2 Å². The molecule has 64 heavy (non-hydrogen) atoms. The normalized spacial score (nSPS) is 12.9. The number of esters is 1. The number of amides is 1. The second-order valence-corrected chi connectivity index (χ2v) is 19.3. The zero-order valence-corrected chi connectivity index (χ0v) is 42.8. The molecule has 0 aromatic heterocycles. The summed E-state index contributed by atoms with van der Waals surface area (Å²) in [6, 6.07) is -0.545. The molecule has 2 atom stereocenters. The van der Waals surface area contributed by atoms with Crippen LogP contribution in [0, 0.1) is 0 Å². The van der Waals surface area contributed by atoms with Gasteiger partial charge < -0.3 is 20.3 Å². The molecule has 0 fully saturated rings. The highest BCUT2D eigenvalue weighted by Gasteiger charge is 2.20. The van der Waals surface area contributed by atoms with Gasteiger partial charge >= 0.3 is 5.97 Å². The van der Waals surface area contributed by atoms with Gasteiger partial charge in [0, 0.05) is 12.8 Å². The Morgan fingerprint density at radius 3 is 1.25 bits per heavy atom. The Labute approximate surface area is 398 Å². The van der Waals surface area contributed by atoms with Crippen molar-refractivity contribution in [3.63, 3.8) is 0 Å². The number of unbranched alkanes of at least 4 members (excludes halogenated alkanes) is 35. The molecule has 0 aromatic rings. The number of nitrogens with one attached hydrogen (secondary N) is 1. The smallest absolute Gasteiger partial charge is 0.305 e. The second kappa shape index (κ2) is 53.7. The van der Waals surface area contributed by atoms with Crippen molar-refractivity contribution in [1.29, 1.82) is 0 Å². The predicted octanol–water partition coefficient (Wildman–Crippen LogP) is 17.2. The number of allylic oxidation sites excluding steroid dienone is 5. The monoisotopic (exact) mass is 900 g/mol. The molecule has 0 aliphatic heterocycles. The van der Waals surface area contributed by atoms with E-state index in [9.17, 15) is 19.8 Å². The van der Waals surface area contributed by atoms with Crippen LogP contribution >= 0.6 is 0 Å². The van der Waals surface area contributed by atoms with Crippen LogP contribution in [0.15, 0.2) is 36.5 Å². The topological polar surface area (TPSA) is 95.9 Å². The van der Waals surface area contributed by atoms with E-state index >= 15 is 0 Å². The fourth-order valence-electron chi connectivity index (χ4n) is 8.58. The summed E-state index contributed by atoms with van der Waals surface area (Å²) in [7, 11) is 0. The zero-order chi connectivity index (χ0) is 46.5. The van der Waals surface area contributed by atoms with Gasteiger partial charge in [0.1, 0.15) is 0 Å². The summed E-state index contributed by atoms with van der Waals surface area (Å²) in [5.74, 6) is -0.0857. The third-order valence-corrected chi connectivity index (χ3v) is 12.9. The van der Waals surface area contributed by atoms with Crippen LogP contribution < -0.4 is 5.32 Å². The molecule has 376 valence electrons. The van der Waals surface area contributed by atoms with Crippen molar-refractivity contribution in [3.05, 3.63) is 36.5 Å². The fraction of sp³-hybridized carbons (Fsp3) is 0.862. The van der Waals surface area contributed by atoms with Crippen LogP contribution in [0.3, 0.4) is 0 Å². The van der Waals surface area contributed by atoms with E-state index in [0.717, 1.165) is 51.4 Å². The third-order valence-electron chi connectivity index (χ3n) is 12.9. The first kappa shape index (κ1) is 62.1. The van der Waals surface area contributed by atoms with Crippen molar-refractivity contribution in [2.45, 2.75) is 309 Å². The number of carbonyl (C=O) groups excluding carboxylic acids is 2. The molecule has 6 nitrogen and oxygen atoms in total. The van der Waals surface area contributed by atoms with Crippen molar-refractivity contribution in [2.24, 2.45) is 0 Å². The standard InChI is InChI=1S/C58H109NO5/c1-3-5-7-9-11-13-15-16-24-27-31-34-38-42-46-50-56(61)55(54-60)59-57(62)51-47-43-39-35-32-28-25-22-20-18-17-19-21-23-26-29-33-37-41-45-49-53-64-58(63)52-48-44-40-36-30-14-12-10-8-6-4-2/h10,12,29,33,41,45,55-56,60-61H,3-9,11,13-28,30-32,34-40,42-44,46-54H2,1-2H3,(H,59,62)/b12-10-,33-29-,45-41-. The van der Waals surface area contributed by atoms with Crippen LogP contribution in [-0.4, -0.2) is 47.4 Å². The lowest BCUT2D eigenvalue weighted by Gasteiger charge is -2.22. The first-order valence-electron chi connectivity index (χ1n) is 28.2. The molecule has 0 aliphatic rings. The molecular formula is C58H109NO5. The highest BCUT2D eigenvalue weighted by molar-refractivity contribution is 5.76. The minimum Gasteiger partial charge on any atom is -0.465 e. The van der Waals surface area contributed by atoms with Crippen molar-refractivity contribution in [3.8, 4) is 0 Å². The van der Waals surface area contributed by atoms with Gasteiger partial charge in [-0.05, 0) is 64.2 Å². The maximum Gasteiger partial charge on any atom is 0.305 e. The summed E-state index contributed by atoms with van der Waals surface area (Å²) in [5, 5.41) is 23.3. The van der Waals surface area contributed by atoms with Crippen LogP contribution in [-0.2, 0) is 14.3 Å². The van der Waals surface area contributed by atoms with Crippen LogP contribution in [0.1, 0.15) is 296 Å². The minimum absolute atomic E-state index is 0.0391. The zero-order valence-electron chi connectivity index (χ0n) is 42.8. The first-order chi connectivity index (χ1) is 31.5. The Hall–Kier alpha value is -1.92. The summed E-state index contributed by atoms with van der Waals surface area (Å²) < 4.78 is 5.39. The lowest BCUT2D eigenvalue weighted by Crippen LogP contribution is -2.45. The molecule has 6 heteroatoms. The summed E-state index contributed by atoms with van der Waals surface area (Å²) >= 11 is 0. The van der Waals surface area contributed by atoms with E-state index in [4.69, 9.17) is 4.74 Å². The Kier molecular flexibility index (Phi) is 52.1. The molecule has 3 N–H and O–H groups in total. The third kappa shape index (κ3) is 49.5. The van der Waals surface area contributed by atoms with E-state index in [0.29, 0.717) is 25.9 Å². The van der Waals surface area contributed by atoms with Gasteiger partial charge in [-0.3, -0.25) is 9.59 Å². The van der Waals surface area contributed by atoms with E-state index < -0.39 is 12.1 Å². The predicted molar refractivity (Wildman–Crippen MR) is 278 cm³/mol. The molecule has 0 bridgehead atoms. The Balaban J connectivity index is 3.46. The van der Waals surface area contributed by atoms with E-state index in [2.05, 4.69) is 55.6 Å². The van der Waals surface area contributed by atoms with Crippen LogP contribution in [0.5, 0.6) is 0 Å². The van der Waals surface area contributed by atoms with Crippen LogP contribution in [0.2, 0.25) is 0 Å². The molecular weight excluding hydrogens is 791 g/mol. The first-order valence-corrected chi connectivity index (χ1v) is 28.2. The number of carbonyl (C=O) groups is 2. The summed E-state index contributed by atoms with van der Waals surface area (Å²) in [4.78, 5) is 24.4. The largest absolute Gasteiger partial charge is 0.465 e. The molecule has 0 rings (SSSR count). The number of rotatable bonds is 52. The Morgan fingerprint density at radius 2 is 0.797 bits per heavy atom. The molecule has 0 saturated heterocycles. The van der Waals surface area contributed by atoms with E-state index in [1.165, 1.54) is 212 Å². The van der Waals surface area contributed by atoms with Crippen molar-refractivity contribution >= 4 is 11.9 Å². The molecule has 0 aromatic carbocycles. The summed E-state index contributed by atoms with van der Waals surface area (Å²) in [5.41, 5.74) is 0. The number of hydrogen-bond donors (Lipinski definition) is 3. The average Bonchev–Trinajstić information content (AvgIpc) is 3.29. The van der Waals surface area contributed by atoms with Gasteiger partial charge in [0.2, 0.25) is 5.91 Å². The lowest BCUT2D eigenvalue weighted by molar-refractivity contribution is -0.143. The van der Waals surface area contributed by atoms with Crippen LogP contribution in [0.25, 0.3) is 0 Å². The number of aliphatic hydroxyl groups is 2. The Bertz CT molecular complexity index is 1040. The van der Waals surface area contributed by atoms with Gasteiger partial charge in [-0.25, -0.2) is 0 Å². The fourth-order valence-corrected chi connectivity index (χ4v) is 8.58. The molecule has 0 aliphatic carbocycles.